The average Bonchev–Trinajstić information content (AvgIpc) is 2.46. The van der Waals surface area contributed by atoms with E-state index in [0.717, 1.165) is 11.1 Å². The summed E-state index contributed by atoms with van der Waals surface area (Å²) >= 11 is 0. The number of pyridine rings is 1. The van der Waals surface area contributed by atoms with Crippen molar-refractivity contribution in [2.24, 2.45) is 0 Å². The Morgan fingerprint density at radius 2 is 1.95 bits per heavy atom. The van der Waals surface area contributed by atoms with Gasteiger partial charge in [-0.15, -0.1) is 0 Å². The minimum atomic E-state index is -3.71. The van der Waals surface area contributed by atoms with E-state index in [0.29, 0.717) is 0 Å². The summed E-state index contributed by atoms with van der Waals surface area (Å²) in [4.78, 5) is 3.71. The zero-order chi connectivity index (χ0) is 14.6. The number of nitrogens with zero attached hydrogens (tertiary/aromatic N) is 1. The molecule has 1 aromatic carbocycles. The van der Waals surface area contributed by atoms with Crippen LogP contribution in [-0.2, 0) is 23.2 Å². The Balaban J connectivity index is 2.15. The van der Waals surface area contributed by atoms with Gasteiger partial charge in [0, 0.05) is 12.7 Å². The molecule has 0 aliphatic carbocycles. The van der Waals surface area contributed by atoms with Crippen molar-refractivity contribution in [3.63, 3.8) is 0 Å². The van der Waals surface area contributed by atoms with Gasteiger partial charge in [0.25, 0.3) is 0 Å². The highest BCUT2D eigenvalue weighted by Gasteiger charge is 2.17. The smallest absolute Gasteiger partial charge is 0.244 e. The number of rotatable bonds is 5. The van der Waals surface area contributed by atoms with Gasteiger partial charge < -0.3 is 10.8 Å². The van der Waals surface area contributed by atoms with E-state index in [-0.39, 0.29) is 23.9 Å². The third kappa shape index (κ3) is 3.32. The quantitative estimate of drug-likeness (QED) is 0.750. The lowest BCUT2D eigenvalue weighted by atomic mass is 10.1. The summed E-state index contributed by atoms with van der Waals surface area (Å²) in [5.74, 6) is -0.0379. The standard InChI is InChI=1S/C13H15N3O3S/c14-13-12(5-2-6-15-13)20(18,19)16-8-10-3-1-4-11(7-10)9-17/h1-7,16-17H,8-9H2,(H2,14,15). The molecule has 106 valence electrons. The molecule has 20 heavy (non-hydrogen) atoms. The number of hydrogen-bond acceptors (Lipinski definition) is 5. The maximum atomic E-state index is 12.1. The van der Waals surface area contributed by atoms with Crippen LogP contribution in [0.4, 0.5) is 5.82 Å². The van der Waals surface area contributed by atoms with Crippen LogP contribution in [0.25, 0.3) is 0 Å². The van der Waals surface area contributed by atoms with Gasteiger partial charge in [-0.3, -0.25) is 0 Å². The van der Waals surface area contributed by atoms with E-state index in [1.165, 1.54) is 18.3 Å². The van der Waals surface area contributed by atoms with Crippen LogP contribution in [0.15, 0.2) is 47.5 Å². The number of sulfonamides is 1. The van der Waals surface area contributed by atoms with Gasteiger partial charge in [-0.1, -0.05) is 24.3 Å². The molecule has 1 heterocycles. The normalized spacial score (nSPS) is 11.4. The molecule has 0 aliphatic rings. The molecule has 0 bridgehead atoms. The van der Waals surface area contributed by atoms with E-state index in [9.17, 15) is 8.42 Å². The molecule has 0 atom stereocenters. The maximum Gasteiger partial charge on any atom is 0.244 e. The molecule has 2 rings (SSSR count). The molecule has 2 aromatic rings. The lowest BCUT2D eigenvalue weighted by molar-refractivity contribution is 0.281. The molecule has 0 unspecified atom stereocenters. The number of nitrogen functional groups attached to an aromatic ring is 1. The van der Waals surface area contributed by atoms with Crippen molar-refractivity contribution < 1.29 is 13.5 Å². The summed E-state index contributed by atoms with van der Waals surface area (Å²) in [5.41, 5.74) is 7.03. The van der Waals surface area contributed by atoms with Crippen LogP contribution in [0.1, 0.15) is 11.1 Å². The van der Waals surface area contributed by atoms with Crippen molar-refractivity contribution in [1.29, 1.82) is 0 Å². The van der Waals surface area contributed by atoms with Crippen molar-refractivity contribution >= 4 is 15.8 Å². The van der Waals surface area contributed by atoms with Gasteiger partial charge in [-0.05, 0) is 23.3 Å². The molecule has 1 aromatic heterocycles. The molecule has 7 heteroatoms. The highest BCUT2D eigenvalue weighted by Crippen LogP contribution is 2.15. The number of benzene rings is 1. The maximum absolute atomic E-state index is 12.1. The van der Waals surface area contributed by atoms with E-state index in [1.54, 1.807) is 24.3 Å². The zero-order valence-corrected chi connectivity index (χ0v) is 11.5. The number of aliphatic hydroxyl groups is 1. The number of aliphatic hydroxyl groups excluding tert-OH is 1. The fourth-order valence-electron chi connectivity index (χ4n) is 1.72. The number of hydrogen-bond donors (Lipinski definition) is 3. The molecule has 6 nitrogen and oxygen atoms in total. The summed E-state index contributed by atoms with van der Waals surface area (Å²) in [7, 11) is -3.71. The van der Waals surface area contributed by atoms with Crippen LogP contribution >= 0.6 is 0 Å². The summed E-state index contributed by atoms with van der Waals surface area (Å²) in [6.07, 6.45) is 1.43. The first kappa shape index (κ1) is 14.4. The molecule has 4 N–H and O–H groups in total. The van der Waals surface area contributed by atoms with Crippen LogP contribution in [0.3, 0.4) is 0 Å². The second kappa shape index (κ2) is 6.00. The molecule has 0 amide bonds. The van der Waals surface area contributed by atoms with Crippen LogP contribution < -0.4 is 10.5 Å². The van der Waals surface area contributed by atoms with Gasteiger partial charge in [-0.2, -0.15) is 0 Å². The molecule has 0 saturated heterocycles. The monoisotopic (exact) mass is 293 g/mol. The SMILES string of the molecule is Nc1ncccc1S(=O)(=O)NCc1cccc(CO)c1. The Labute approximate surface area is 117 Å². The van der Waals surface area contributed by atoms with Crippen LogP contribution in [-0.4, -0.2) is 18.5 Å². The van der Waals surface area contributed by atoms with Crippen LogP contribution in [0.5, 0.6) is 0 Å². The van der Waals surface area contributed by atoms with E-state index in [4.69, 9.17) is 10.8 Å². The topological polar surface area (TPSA) is 105 Å². The van der Waals surface area contributed by atoms with Gasteiger partial charge in [-0.25, -0.2) is 18.1 Å². The molecular weight excluding hydrogens is 278 g/mol. The summed E-state index contributed by atoms with van der Waals surface area (Å²) in [5, 5.41) is 9.04. The molecule has 0 spiro atoms. The highest BCUT2D eigenvalue weighted by molar-refractivity contribution is 7.89. The average molecular weight is 293 g/mol. The first-order valence-corrected chi connectivity index (χ1v) is 7.40. The Morgan fingerprint density at radius 1 is 1.20 bits per heavy atom. The van der Waals surface area contributed by atoms with Gasteiger partial charge in [0.1, 0.15) is 10.7 Å². The van der Waals surface area contributed by atoms with E-state index in [1.807, 2.05) is 0 Å². The second-order valence-electron chi connectivity index (χ2n) is 4.19. The van der Waals surface area contributed by atoms with Crippen LogP contribution in [0.2, 0.25) is 0 Å². The van der Waals surface area contributed by atoms with Gasteiger partial charge in [0.2, 0.25) is 10.0 Å². The number of anilines is 1. The predicted octanol–water partition coefficient (Wildman–Crippen LogP) is 0.635. The predicted molar refractivity (Wildman–Crippen MR) is 75.0 cm³/mol. The zero-order valence-electron chi connectivity index (χ0n) is 10.7. The Kier molecular flexibility index (Phi) is 4.33. The van der Waals surface area contributed by atoms with Crippen molar-refractivity contribution in [3.8, 4) is 0 Å². The molecule has 0 radical (unpaired) electrons. The number of nitrogens with two attached hydrogens (primary N) is 1. The van der Waals surface area contributed by atoms with Crippen molar-refractivity contribution in [3.05, 3.63) is 53.7 Å². The minimum Gasteiger partial charge on any atom is -0.392 e. The molecule has 0 fully saturated rings. The van der Waals surface area contributed by atoms with Crippen molar-refractivity contribution in [2.75, 3.05) is 5.73 Å². The lowest BCUT2D eigenvalue weighted by Gasteiger charge is -2.09. The van der Waals surface area contributed by atoms with Gasteiger partial charge in [0.05, 0.1) is 6.61 Å². The molecule has 0 aliphatic heterocycles. The van der Waals surface area contributed by atoms with Crippen molar-refractivity contribution in [2.45, 2.75) is 18.0 Å². The first-order chi connectivity index (χ1) is 9.53. The number of nitrogens with one attached hydrogen (secondary N) is 1. The highest BCUT2D eigenvalue weighted by atomic mass is 32.2. The summed E-state index contributed by atoms with van der Waals surface area (Å²) in [6.45, 7) is 0.0284. The number of aromatic nitrogens is 1. The largest absolute Gasteiger partial charge is 0.392 e. The van der Waals surface area contributed by atoms with Crippen LogP contribution in [0, 0.1) is 0 Å². The second-order valence-corrected chi connectivity index (χ2v) is 5.92. The Hall–Kier alpha value is -1.96. The molecule has 0 saturated carbocycles. The fourth-order valence-corrected chi connectivity index (χ4v) is 2.82. The Bertz CT molecular complexity index is 702. The summed E-state index contributed by atoms with van der Waals surface area (Å²) in [6, 6.07) is 9.93. The first-order valence-electron chi connectivity index (χ1n) is 5.92. The van der Waals surface area contributed by atoms with E-state index >= 15 is 0 Å². The van der Waals surface area contributed by atoms with E-state index < -0.39 is 10.0 Å². The summed E-state index contributed by atoms with van der Waals surface area (Å²) < 4.78 is 26.7. The third-order valence-electron chi connectivity index (χ3n) is 2.73. The van der Waals surface area contributed by atoms with Crippen molar-refractivity contribution in [1.82, 2.24) is 9.71 Å². The fraction of sp³-hybridized carbons (Fsp3) is 0.154. The van der Waals surface area contributed by atoms with E-state index in [2.05, 4.69) is 9.71 Å². The minimum absolute atomic E-state index is 0.0379. The third-order valence-corrected chi connectivity index (χ3v) is 4.18. The lowest BCUT2D eigenvalue weighted by Crippen LogP contribution is -2.24. The van der Waals surface area contributed by atoms with Gasteiger partial charge >= 0.3 is 0 Å². The Morgan fingerprint density at radius 3 is 2.65 bits per heavy atom. The molecular formula is C13H15N3O3S. The van der Waals surface area contributed by atoms with Gasteiger partial charge in [0.15, 0.2) is 0 Å².